The van der Waals surface area contributed by atoms with Crippen LogP contribution >= 0.6 is 0 Å². The normalized spacial score (nSPS) is 23.8. The topological polar surface area (TPSA) is 181 Å². The minimum Gasteiger partial charge on any atom is -0.490 e. The van der Waals surface area contributed by atoms with Crippen molar-refractivity contribution < 1.29 is 53.2 Å². The smallest absolute Gasteiger partial charge is 0.416 e. The molecule has 1 saturated carbocycles. The second-order valence-corrected chi connectivity index (χ2v) is 15.5. The molecule has 0 saturated heterocycles. The van der Waals surface area contributed by atoms with Gasteiger partial charge in [0.25, 0.3) is 5.69 Å². The number of ether oxygens (including phenoxy) is 6. The zero-order valence-electron chi connectivity index (χ0n) is 34.3. The molecule has 7 rings (SSSR count). The lowest BCUT2D eigenvalue weighted by molar-refractivity contribution is -0.384. The highest BCUT2D eigenvalue weighted by Crippen LogP contribution is 2.62. The van der Waals surface area contributed by atoms with Crippen molar-refractivity contribution in [1.29, 1.82) is 0 Å². The third kappa shape index (κ3) is 9.09. The van der Waals surface area contributed by atoms with E-state index in [1.807, 2.05) is 30.3 Å². The Kier molecular flexibility index (Phi) is 13.9. The predicted octanol–water partition coefficient (Wildman–Crippen LogP) is 7.85. The fourth-order valence-electron chi connectivity index (χ4n) is 9.34. The molecule has 0 unspecified atom stereocenters. The van der Waals surface area contributed by atoms with Crippen molar-refractivity contribution in [1.82, 2.24) is 4.90 Å². The van der Waals surface area contributed by atoms with Gasteiger partial charge in [-0.2, -0.15) is 0 Å². The Bertz CT molecular complexity index is 2120. The average Bonchev–Trinajstić information content (AvgIpc) is 3.74. The molecule has 0 spiro atoms. The summed E-state index contributed by atoms with van der Waals surface area (Å²) in [7, 11) is 1.48. The number of allylic oxidation sites excluding steroid dienone is 1. The number of carbonyl (C=O) groups is 1. The van der Waals surface area contributed by atoms with Gasteiger partial charge in [0.05, 0.1) is 23.2 Å². The summed E-state index contributed by atoms with van der Waals surface area (Å²) >= 11 is 0. The molecule has 6 atom stereocenters. The molecule has 0 radical (unpaired) electrons. The van der Waals surface area contributed by atoms with E-state index in [1.165, 1.54) is 31.4 Å². The summed E-state index contributed by atoms with van der Waals surface area (Å²) in [6.45, 7) is 8.38. The van der Waals surface area contributed by atoms with Crippen molar-refractivity contribution in [3.8, 4) is 28.7 Å². The lowest BCUT2D eigenvalue weighted by atomic mass is 9.55. The third-order valence-electron chi connectivity index (χ3n) is 11.9. The molecule has 2 N–H and O–H groups in total. The summed E-state index contributed by atoms with van der Waals surface area (Å²) in [4.78, 5) is 33.0. The number of nitrogens with zero attached hydrogens (tertiary/aromatic N) is 3. The van der Waals surface area contributed by atoms with Crippen LogP contribution in [-0.2, 0) is 16.1 Å². The minimum absolute atomic E-state index is 0.0000751. The predicted molar refractivity (Wildman–Crippen MR) is 225 cm³/mol. The van der Waals surface area contributed by atoms with Gasteiger partial charge in [0.1, 0.15) is 37.0 Å². The van der Waals surface area contributed by atoms with Crippen molar-refractivity contribution in [2.24, 2.45) is 22.9 Å². The van der Waals surface area contributed by atoms with Crippen LogP contribution in [0.15, 0.2) is 103 Å². The van der Waals surface area contributed by atoms with Crippen LogP contribution in [0.5, 0.6) is 28.7 Å². The van der Waals surface area contributed by atoms with E-state index in [0.29, 0.717) is 53.7 Å². The largest absolute Gasteiger partial charge is 0.490 e. The van der Waals surface area contributed by atoms with Crippen LogP contribution in [0.1, 0.15) is 62.0 Å². The second kappa shape index (κ2) is 19.7. The number of nitro benzene ring substituents is 1. The van der Waals surface area contributed by atoms with E-state index >= 15 is 0 Å². The van der Waals surface area contributed by atoms with Crippen molar-refractivity contribution in [3.63, 3.8) is 0 Å². The van der Waals surface area contributed by atoms with Gasteiger partial charge in [0.15, 0.2) is 11.5 Å². The molecule has 2 aliphatic heterocycles. The van der Waals surface area contributed by atoms with Gasteiger partial charge in [0.2, 0.25) is 12.6 Å². The van der Waals surface area contributed by atoms with E-state index in [1.54, 1.807) is 23.1 Å². The van der Waals surface area contributed by atoms with Crippen LogP contribution < -0.4 is 23.7 Å². The Morgan fingerprint density at radius 1 is 0.951 bits per heavy atom. The summed E-state index contributed by atoms with van der Waals surface area (Å²) in [5.74, 6) is 0.0240. The number of amides is 1. The summed E-state index contributed by atoms with van der Waals surface area (Å²) in [5, 5.41) is 35.8. The molecule has 2 heterocycles. The van der Waals surface area contributed by atoms with Gasteiger partial charge >= 0.3 is 6.09 Å². The minimum atomic E-state index is -1.57. The highest BCUT2D eigenvalue weighted by molar-refractivity contribution is 6.03. The van der Waals surface area contributed by atoms with E-state index in [4.69, 9.17) is 33.3 Å². The number of aliphatic hydroxyl groups excluding tert-OH is 2. The number of non-ortho nitro benzene ring substituents is 1. The van der Waals surface area contributed by atoms with Gasteiger partial charge in [-0.15, -0.1) is 6.58 Å². The number of unbranched alkanes of at least 4 members (excludes halogenated alkanes) is 2. The zero-order valence-corrected chi connectivity index (χ0v) is 34.3. The highest BCUT2D eigenvalue weighted by Gasteiger charge is 2.65. The van der Waals surface area contributed by atoms with E-state index in [-0.39, 0.29) is 68.8 Å². The first kappa shape index (κ1) is 43.2. The molecule has 61 heavy (non-hydrogen) atoms. The monoisotopic (exact) mass is 839 g/mol. The first-order valence-electron chi connectivity index (χ1n) is 20.7. The Hall–Kier alpha value is -5.90. The van der Waals surface area contributed by atoms with Crippen LogP contribution in [0.4, 0.5) is 10.5 Å². The zero-order chi connectivity index (χ0) is 42.9. The van der Waals surface area contributed by atoms with Crippen LogP contribution in [-0.4, -0.2) is 84.0 Å². The summed E-state index contributed by atoms with van der Waals surface area (Å²) in [6, 6.07) is 15.5. The number of carbonyl (C=O) groups excluding carboxylic acids is 1. The number of rotatable bonds is 20. The van der Waals surface area contributed by atoms with E-state index in [0.717, 1.165) is 36.8 Å². The molecule has 0 bridgehead atoms. The van der Waals surface area contributed by atoms with Gasteiger partial charge in [-0.05, 0) is 91.1 Å². The summed E-state index contributed by atoms with van der Waals surface area (Å²) in [5.41, 5.74) is 2.92. The van der Waals surface area contributed by atoms with Gasteiger partial charge in [-0.3, -0.25) is 15.0 Å². The van der Waals surface area contributed by atoms with E-state index in [9.17, 15) is 25.1 Å². The third-order valence-corrected chi connectivity index (χ3v) is 11.9. The van der Waals surface area contributed by atoms with Gasteiger partial charge in [0, 0.05) is 49.8 Å². The van der Waals surface area contributed by atoms with Crippen molar-refractivity contribution >= 4 is 17.5 Å². The van der Waals surface area contributed by atoms with Crippen LogP contribution in [0.2, 0.25) is 0 Å². The number of benzene rings is 3. The first-order chi connectivity index (χ1) is 29.7. The molecular weight excluding hydrogens is 787 g/mol. The second-order valence-electron chi connectivity index (χ2n) is 15.5. The van der Waals surface area contributed by atoms with E-state index in [2.05, 4.69) is 24.4 Å². The molecular formula is C46H53N3O12. The highest BCUT2D eigenvalue weighted by atomic mass is 16.7. The average molecular weight is 840 g/mol. The molecule has 15 nitrogen and oxygen atoms in total. The molecule has 1 fully saturated rings. The Labute approximate surface area is 354 Å². The SMILES string of the molecule is C=CCOc1ccc2c(c1)[C@H]1[C@H](CCCCO)[C@@H](CCCCO)C=C3C(=NOC)C[C@H](N(Cc4ccc5c(c4)OCO5)C(=O)Oc4ccc([N+](=O)[O-])cc4)[C@@](OCC=C)(O2)[C@H]31. The maximum Gasteiger partial charge on any atom is 0.416 e. The summed E-state index contributed by atoms with van der Waals surface area (Å²) in [6.07, 6.45) is 9.31. The Morgan fingerprint density at radius 2 is 1.67 bits per heavy atom. The molecule has 3 aromatic carbocycles. The number of hydrogen-bond donors (Lipinski definition) is 2. The lowest BCUT2D eigenvalue weighted by Crippen LogP contribution is -2.70. The molecule has 1 amide bonds. The van der Waals surface area contributed by atoms with Crippen LogP contribution in [0.25, 0.3) is 0 Å². The number of fused-ring (bicyclic) bond motifs is 3. The van der Waals surface area contributed by atoms with Crippen LogP contribution in [0.3, 0.4) is 0 Å². The van der Waals surface area contributed by atoms with Gasteiger partial charge < -0.3 is 43.5 Å². The van der Waals surface area contributed by atoms with Crippen molar-refractivity contribution in [2.75, 3.05) is 40.3 Å². The first-order valence-corrected chi connectivity index (χ1v) is 20.7. The molecule has 15 heteroatoms. The molecule has 324 valence electrons. The van der Waals surface area contributed by atoms with E-state index < -0.39 is 28.8 Å². The Balaban J connectivity index is 1.43. The fourth-order valence-corrected chi connectivity index (χ4v) is 9.34. The lowest BCUT2D eigenvalue weighted by Gasteiger charge is -2.59. The fraction of sp³-hybridized carbons (Fsp3) is 0.435. The number of aliphatic hydroxyl groups is 2. The number of oxime groups is 1. The molecule has 4 aliphatic rings. The maximum atomic E-state index is 14.9. The number of nitro groups is 1. The van der Waals surface area contributed by atoms with Gasteiger partial charge in [-0.1, -0.05) is 48.9 Å². The number of hydrogen-bond acceptors (Lipinski definition) is 13. The standard InChI is InChI=1S/C46H53N3O12/c1-4-22-56-34-17-19-39-37(26-34)43-35(11-7-9-21-51)31(10-6-8-20-50)25-36-38(47-55-3)27-42(46(61-39,44(36)43)59-23-5-2)48(28-30-12-18-40-41(24-30)58-29-57-40)45(52)60-33-15-13-32(14-16-33)49(53)54/h4-5,12-19,24-26,31,35,42-44,50-51H,1-2,6-11,20-23,27-29H2,3H3/t31-,35+,42-,43+,44+,46+/m0/s1. The molecule has 2 aliphatic carbocycles. The Morgan fingerprint density at radius 3 is 2.39 bits per heavy atom. The molecule has 3 aromatic rings. The quantitative estimate of drug-likeness (QED) is 0.0488. The van der Waals surface area contributed by atoms with Crippen molar-refractivity contribution in [3.05, 3.63) is 119 Å². The maximum absolute atomic E-state index is 14.9. The van der Waals surface area contributed by atoms with Crippen molar-refractivity contribution in [2.45, 2.75) is 69.2 Å². The van der Waals surface area contributed by atoms with Crippen LogP contribution in [0, 0.1) is 27.9 Å². The van der Waals surface area contributed by atoms with Gasteiger partial charge in [-0.25, -0.2) is 4.79 Å². The summed E-state index contributed by atoms with van der Waals surface area (Å²) < 4.78 is 37.8. The molecule has 0 aromatic heterocycles.